The molecule has 0 amide bonds. The summed E-state index contributed by atoms with van der Waals surface area (Å²) in [6.45, 7) is 0.611. The lowest BCUT2D eigenvalue weighted by atomic mass is 10.1. The van der Waals surface area contributed by atoms with E-state index < -0.39 is 24.4 Å². The molecule has 0 unspecified atom stereocenters. The third kappa shape index (κ3) is 1.65. The van der Waals surface area contributed by atoms with Crippen LogP contribution in [-0.4, -0.2) is 23.1 Å². The highest BCUT2D eigenvalue weighted by molar-refractivity contribution is 4.89. The first-order chi connectivity index (χ1) is 5.06. The van der Waals surface area contributed by atoms with Crippen LogP contribution >= 0.6 is 0 Å². The summed E-state index contributed by atoms with van der Waals surface area (Å²) in [6, 6.07) is 0. The molecule has 0 aliphatic carbocycles. The first-order valence-electron chi connectivity index (χ1n) is 2.92. The third-order valence-electron chi connectivity index (χ3n) is 1.28. The molecule has 0 fully saturated rings. The van der Waals surface area contributed by atoms with E-state index in [-0.39, 0.29) is 0 Å². The normalized spacial score (nSPS) is 15.0. The molecule has 0 spiro atoms. The van der Waals surface area contributed by atoms with Gasteiger partial charge in [-0.15, -0.1) is 0 Å². The van der Waals surface area contributed by atoms with E-state index in [2.05, 4.69) is 0 Å². The van der Waals surface area contributed by atoms with Crippen LogP contribution in [0.25, 0.3) is 0 Å². The van der Waals surface area contributed by atoms with Crippen LogP contribution in [0, 0.1) is 0 Å². The van der Waals surface area contributed by atoms with Crippen molar-refractivity contribution in [3.63, 3.8) is 0 Å². The van der Waals surface area contributed by atoms with E-state index in [4.69, 9.17) is 5.11 Å². The maximum atomic E-state index is 12.0. The maximum Gasteiger partial charge on any atom is 0.423 e. The Labute approximate surface area is 64.0 Å². The molecule has 12 heavy (non-hydrogen) atoms. The van der Waals surface area contributed by atoms with Gasteiger partial charge in [0.1, 0.15) is 0 Å². The van der Waals surface area contributed by atoms with Gasteiger partial charge in [0.25, 0.3) is 0 Å². The predicted molar refractivity (Wildman–Crippen MR) is 27.4 cm³/mol. The van der Waals surface area contributed by atoms with Crippen molar-refractivity contribution in [3.05, 3.63) is 0 Å². The zero-order chi connectivity index (χ0) is 10.2. The number of halogens is 6. The van der Waals surface area contributed by atoms with Crippen LogP contribution < -0.4 is 0 Å². The van der Waals surface area contributed by atoms with Crippen molar-refractivity contribution < 1.29 is 31.4 Å². The molecule has 0 aromatic carbocycles. The molecule has 0 aliphatic rings. The van der Waals surface area contributed by atoms with E-state index in [1.165, 1.54) is 0 Å². The first-order valence-corrected chi connectivity index (χ1v) is 2.92. The van der Waals surface area contributed by atoms with Crippen molar-refractivity contribution in [1.29, 1.82) is 0 Å². The van der Waals surface area contributed by atoms with Crippen LogP contribution in [0.1, 0.15) is 13.3 Å². The molecule has 74 valence electrons. The quantitative estimate of drug-likeness (QED) is 0.686. The Bertz CT molecular complexity index is 160. The summed E-state index contributed by atoms with van der Waals surface area (Å²) in [5, 5.41) is 7.45. The van der Waals surface area contributed by atoms with Gasteiger partial charge in [0.05, 0.1) is 0 Å². The Kier molecular flexibility index (Phi) is 2.68. The summed E-state index contributed by atoms with van der Waals surface area (Å²) in [5.74, 6) is -10.6. The largest absolute Gasteiger partial charge is 0.423 e. The molecule has 0 rings (SSSR count). The van der Waals surface area contributed by atoms with E-state index in [1.54, 1.807) is 0 Å². The van der Waals surface area contributed by atoms with Gasteiger partial charge < -0.3 is 5.11 Å². The van der Waals surface area contributed by atoms with Crippen LogP contribution in [-0.2, 0) is 0 Å². The molecule has 0 heterocycles. The molecular weight excluding hydrogens is 190 g/mol. The SMILES string of the molecule is CCC(F)(F)C(F)(F)C(O)(F)F. The molecule has 0 bridgehead atoms. The molecular formula is C5H6F6O. The first kappa shape index (κ1) is 11.5. The van der Waals surface area contributed by atoms with Crippen LogP contribution in [0.5, 0.6) is 0 Å². The van der Waals surface area contributed by atoms with Gasteiger partial charge in [0.2, 0.25) is 0 Å². The Hall–Kier alpha value is -0.460. The number of hydrogen-bond donors (Lipinski definition) is 1. The lowest BCUT2D eigenvalue weighted by Crippen LogP contribution is -2.53. The zero-order valence-electron chi connectivity index (χ0n) is 5.92. The van der Waals surface area contributed by atoms with E-state index in [0.29, 0.717) is 6.92 Å². The fourth-order valence-electron chi connectivity index (χ4n) is 0.442. The summed E-state index contributed by atoms with van der Waals surface area (Å²) in [5.41, 5.74) is 0. The Morgan fingerprint density at radius 1 is 1.00 bits per heavy atom. The lowest BCUT2D eigenvalue weighted by Gasteiger charge is -2.28. The third-order valence-corrected chi connectivity index (χ3v) is 1.28. The second-order valence-corrected chi connectivity index (χ2v) is 2.17. The average molecular weight is 196 g/mol. The summed E-state index contributed by atoms with van der Waals surface area (Å²) in [6.07, 6.45) is -7.18. The highest BCUT2D eigenvalue weighted by atomic mass is 19.3. The molecule has 0 aromatic rings. The molecule has 0 atom stereocenters. The fraction of sp³-hybridized carbons (Fsp3) is 1.00. The Morgan fingerprint density at radius 2 is 1.33 bits per heavy atom. The van der Waals surface area contributed by atoms with Crippen LogP contribution in [0.15, 0.2) is 0 Å². The van der Waals surface area contributed by atoms with Crippen molar-refractivity contribution >= 4 is 0 Å². The average Bonchev–Trinajstić information content (AvgIpc) is 1.85. The van der Waals surface area contributed by atoms with Crippen LogP contribution in [0.3, 0.4) is 0 Å². The van der Waals surface area contributed by atoms with Crippen LogP contribution in [0.2, 0.25) is 0 Å². The predicted octanol–water partition coefficient (Wildman–Crippen LogP) is 2.25. The van der Waals surface area contributed by atoms with Gasteiger partial charge in [-0.3, -0.25) is 0 Å². The molecule has 1 nitrogen and oxygen atoms in total. The minimum Gasteiger partial charge on any atom is -0.331 e. The minimum atomic E-state index is -5.73. The lowest BCUT2D eigenvalue weighted by molar-refractivity contribution is -0.384. The van der Waals surface area contributed by atoms with Crippen LogP contribution in [0.4, 0.5) is 26.3 Å². The van der Waals surface area contributed by atoms with Gasteiger partial charge in [-0.05, 0) is 0 Å². The van der Waals surface area contributed by atoms with Gasteiger partial charge in [0.15, 0.2) is 0 Å². The highest BCUT2D eigenvalue weighted by Crippen LogP contribution is 2.45. The van der Waals surface area contributed by atoms with Crippen molar-refractivity contribution in [2.45, 2.75) is 31.3 Å². The van der Waals surface area contributed by atoms with E-state index in [0.717, 1.165) is 0 Å². The maximum absolute atomic E-state index is 12.0. The molecule has 0 aromatic heterocycles. The molecule has 7 heteroatoms. The monoisotopic (exact) mass is 196 g/mol. The van der Waals surface area contributed by atoms with E-state index in [9.17, 15) is 26.3 Å². The summed E-state index contributed by atoms with van der Waals surface area (Å²) >= 11 is 0. The standard InChI is InChI=1S/C5H6F6O/c1-2-3(6,7)4(8,9)5(10,11)12/h12H,2H2,1H3. The number of aliphatic hydroxyl groups is 1. The van der Waals surface area contributed by atoms with E-state index >= 15 is 0 Å². The molecule has 0 aliphatic heterocycles. The topological polar surface area (TPSA) is 20.2 Å². The number of alkyl halides is 6. The molecule has 0 saturated carbocycles. The van der Waals surface area contributed by atoms with Gasteiger partial charge in [-0.2, -0.15) is 26.3 Å². The highest BCUT2D eigenvalue weighted by Gasteiger charge is 2.70. The van der Waals surface area contributed by atoms with Gasteiger partial charge >= 0.3 is 18.0 Å². The van der Waals surface area contributed by atoms with Gasteiger partial charge in [-0.1, -0.05) is 6.92 Å². The summed E-state index contributed by atoms with van der Waals surface area (Å²) < 4.78 is 71.0. The number of hydrogen-bond acceptors (Lipinski definition) is 1. The Balaban J connectivity index is 4.85. The molecule has 1 N–H and O–H groups in total. The second kappa shape index (κ2) is 2.79. The summed E-state index contributed by atoms with van der Waals surface area (Å²) in [7, 11) is 0. The summed E-state index contributed by atoms with van der Waals surface area (Å²) in [4.78, 5) is 0. The fourth-order valence-corrected chi connectivity index (χ4v) is 0.442. The van der Waals surface area contributed by atoms with Gasteiger partial charge in [0, 0.05) is 6.42 Å². The second-order valence-electron chi connectivity index (χ2n) is 2.17. The van der Waals surface area contributed by atoms with Crippen molar-refractivity contribution in [2.75, 3.05) is 0 Å². The van der Waals surface area contributed by atoms with Crippen molar-refractivity contribution in [1.82, 2.24) is 0 Å². The van der Waals surface area contributed by atoms with Gasteiger partial charge in [-0.25, -0.2) is 0 Å². The smallest absolute Gasteiger partial charge is 0.331 e. The van der Waals surface area contributed by atoms with Crippen molar-refractivity contribution in [2.24, 2.45) is 0 Å². The minimum absolute atomic E-state index is 0.611. The Morgan fingerprint density at radius 3 is 1.42 bits per heavy atom. The number of rotatable bonds is 3. The van der Waals surface area contributed by atoms with Crippen molar-refractivity contribution in [3.8, 4) is 0 Å². The molecule has 0 saturated heterocycles. The zero-order valence-corrected chi connectivity index (χ0v) is 5.92. The molecule has 0 radical (unpaired) electrons. The van der Waals surface area contributed by atoms with E-state index in [1.807, 2.05) is 0 Å².